The molecule has 0 radical (unpaired) electrons. The molecule has 0 atom stereocenters. The average Bonchev–Trinajstić information content (AvgIpc) is 3.76. The molecule has 60 heavy (non-hydrogen) atoms. The third-order valence-corrected chi connectivity index (χ3v) is 13.7. The van der Waals surface area contributed by atoms with E-state index < -0.39 is 11.7 Å². The van der Waals surface area contributed by atoms with Crippen LogP contribution in [0, 0.1) is 0 Å². The lowest BCUT2D eigenvalue weighted by atomic mass is 9.81. The van der Waals surface area contributed by atoms with Crippen molar-refractivity contribution < 1.29 is 13.2 Å². The Bertz CT molecular complexity index is 3310. The number of benzene rings is 8. The number of alkyl halides is 3. The highest BCUT2D eigenvalue weighted by Crippen LogP contribution is 2.59. The minimum absolute atomic E-state index is 0.126. The largest absolute Gasteiger partial charge is 0.416 e. The van der Waals surface area contributed by atoms with E-state index in [0.717, 1.165) is 77.9 Å². The Morgan fingerprint density at radius 3 is 1.92 bits per heavy atom. The molecular weight excluding hydrogens is 746 g/mol. The quantitative estimate of drug-likeness (QED) is 0.173. The monoisotopic (exact) mass is 784 g/mol. The van der Waals surface area contributed by atoms with Gasteiger partial charge >= 0.3 is 6.18 Å². The van der Waals surface area contributed by atoms with Crippen molar-refractivity contribution in [3.05, 3.63) is 192 Å². The lowest BCUT2D eigenvalue weighted by molar-refractivity contribution is -0.137. The molecule has 0 bridgehead atoms. The first-order valence-electron chi connectivity index (χ1n) is 20.6. The van der Waals surface area contributed by atoms with Gasteiger partial charge in [-0.3, -0.25) is 0 Å². The number of hydrogen-bond acceptors (Lipinski definition) is 1. The summed E-state index contributed by atoms with van der Waals surface area (Å²) >= 11 is 0. The van der Waals surface area contributed by atoms with E-state index in [1.807, 2.05) is 18.2 Å². The van der Waals surface area contributed by atoms with E-state index in [-0.39, 0.29) is 10.8 Å². The topological polar surface area (TPSA) is 8.17 Å². The minimum Gasteiger partial charge on any atom is -0.310 e. The number of rotatable bonds is 4. The first kappa shape index (κ1) is 35.1. The summed E-state index contributed by atoms with van der Waals surface area (Å²) in [5.41, 5.74) is 18.0. The summed E-state index contributed by atoms with van der Waals surface area (Å²) in [6.45, 7) is 9.06. The van der Waals surface area contributed by atoms with Crippen LogP contribution in [0.25, 0.3) is 72.0 Å². The number of halogens is 3. The number of anilines is 3. The Morgan fingerprint density at radius 2 is 1.08 bits per heavy atom. The van der Waals surface area contributed by atoms with Crippen LogP contribution in [0.15, 0.2) is 164 Å². The van der Waals surface area contributed by atoms with Gasteiger partial charge in [0.25, 0.3) is 0 Å². The summed E-state index contributed by atoms with van der Waals surface area (Å²) in [6, 6.07) is 56.2. The molecule has 3 aliphatic rings. The molecule has 290 valence electrons. The zero-order valence-electron chi connectivity index (χ0n) is 33.6. The van der Waals surface area contributed by atoms with E-state index >= 15 is 0 Å². The molecule has 1 aromatic heterocycles. The van der Waals surface area contributed by atoms with E-state index in [1.165, 1.54) is 39.9 Å². The maximum atomic E-state index is 14.4. The van der Waals surface area contributed by atoms with Crippen LogP contribution in [0.1, 0.15) is 55.5 Å². The van der Waals surface area contributed by atoms with E-state index in [1.54, 1.807) is 6.07 Å². The fourth-order valence-corrected chi connectivity index (χ4v) is 10.8. The van der Waals surface area contributed by atoms with Crippen molar-refractivity contribution in [2.75, 3.05) is 4.90 Å². The van der Waals surface area contributed by atoms with E-state index in [0.29, 0.717) is 5.56 Å². The lowest BCUT2D eigenvalue weighted by Crippen LogP contribution is -2.15. The fraction of sp³-hybridized carbons (Fsp3) is 0.127. The third-order valence-electron chi connectivity index (χ3n) is 13.7. The second-order valence-corrected chi connectivity index (χ2v) is 17.7. The smallest absolute Gasteiger partial charge is 0.310 e. The van der Waals surface area contributed by atoms with Gasteiger partial charge in [-0.2, -0.15) is 13.2 Å². The first-order chi connectivity index (χ1) is 28.9. The normalized spacial score (nSPS) is 14.8. The molecule has 2 aliphatic carbocycles. The SMILES string of the molecule is CC1(C)c2ccccc2-c2cc(N(c3cccc(-c4ccccc4)c3)c3ccc4c(c3)c3ccc5c6c3n4-c3ccc(C(F)(F)F)cc3-c3cccc(c3-6)C5(C)C)ccc21. The van der Waals surface area contributed by atoms with Crippen LogP contribution in [0.4, 0.5) is 30.2 Å². The van der Waals surface area contributed by atoms with Crippen molar-refractivity contribution in [1.29, 1.82) is 0 Å². The minimum atomic E-state index is -4.48. The van der Waals surface area contributed by atoms with Gasteiger partial charge in [0.2, 0.25) is 0 Å². The number of nitrogens with zero attached hydrogens (tertiary/aromatic N) is 2. The Balaban J connectivity index is 1.14. The highest BCUT2D eigenvalue weighted by Gasteiger charge is 2.42. The van der Waals surface area contributed by atoms with Gasteiger partial charge < -0.3 is 9.47 Å². The van der Waals surface area contributed by atoms with Crippen molar-refractivity contribution in [2.45, 2.75) is 44.7 Å². The van der Waals surface area contributed by atoms with E-state index in [4.69, 9.17) is 0 Å². The van der Waals surface area contributed by atoms with Crippen molar-refractivity contribution in [3.8, 4) is 50.2 Å². The van der Waals surface area contributed by atoms with Crippen LogP contribution in [0.5, 0.6) is 0 Å². The van der Waals surface area contributed by atoms with Gasteiger partial charge in [-0.1, -0.05) is 131 Å². The van der Waals surface area contributed by atoms with Gasteiger partial charge in [-0.25, -0.2) is 0 Å². The molecular formula is C55H39F3N2. The Kier molecular flexibility index (Phi) is 6.96. The highest BCUT2D eigenvalue weighted by molar-refractivity contribution is 6.19. The van der Waals surface area contributed by atoms with Crippen molar-refractivity contribution in [3.63, 3.8) is 0 Å². The zero-order chi connectivity index (χ0) is 40.9. The van der Waals surface area contributed by atoms with E-state index in [2.05, 4.69) is 165 Å². The van der Waals surface area contributed by atoms with Gasteiger partial charge in [-0.05, 0) is 116 Å². The molecule has 2 nitrogen and oxygen atoms in total. The molecule has 0 fully saturated rings. The molecule has 1 aliphatic heterocycles. The van der Waals surface area contributed by atoms with Crippen LogP contribution in [-0.2, 0) is 17.0 Å². The second kappa shape index (κ2) is 11.9. The fourth-order valence-electron chi connectivity index (χ4n) is 10.8. The maximum absolute atomic E-state index is 14.4. The van der Waals surface area contributed by atoms with Gasteiger partial charge in [-0.15, -0.1) is 0 Å². The predicted molar refractivity (Wildman–Crippen MR) is 240 cm³/mol. The highest BCUT2D eigenvalue weighted by atomic mass is 19.4. The maximum Gasteiger partial charge on any atom is 0.416 e. The van der Waals surface area contributed by atoms with Gasteiger partial charge in [0.15, 0.2) is 0 Å². The summed E-state index contributed by atoms with van der Waals surface area (Å²) < 4.78 is 45.5. The van der Waals surface area contributed by atoms with Crippen LogP contribution < -0.4 is 4.90 Å². The van der Waals surface area contributed by atoms with Gasteiger partial charge in [0, 0.05) is 49.8 Å². The summed E-state index contributed by atoms with van der Waals surface area (Å²) in [6.07, 6.45) is -4.48. The van der Waals surface area contributed by atoms with Crippen LogP contribution >= 0.6 is 0 Å². The Labute approximate surface area is 346 Å². The summed E-state index contributed by atoms with van der Waals surface area (Å²) in [5, 5.41) is 2.11. The molecule has 0 saturated carbocycles. The molecule has 12 rings (SSSR count). The lowest BCUT2D eigenvalue weighted by Gasteiger charge is -2.28. The molecule has 2 heterocycles. The molecule has 8 aromatic carbocycles. The summed E-state index contributed by atoms with van der Waals surface area (Å²) in [5.74, 6) is 0. The zero-order valence-corrected chi connectivity index (χ0v) is 33.6. The Morgan fingerprint density at radius 1 is 0.450 bits per heavy atom. The molecule has 0 amide bonds. The predicted octanol–water partition coefficient (Wildman–Crippen LogP) is 15.5. The molecule has 0 unspecified atom stereocenters. The molecule has 0 spiro atoms. The van der Waals surface area contributed by atoms with Crippen LogP contribution in [-0.4, -0.2) is 4.57 Å². The molecule has 0 N–H and O–H groups in total. The van der Waals surface area contributed by atoms with Gasteiger partial charge in [0.1, 0.15) is 0 Å². The molecule has 9 aromatic rings. The number of hydrogen-bond donors (Lipinski definition) is 0. The first-order valence-corrected chi connectivity index (χ1v) is 20.6. The molecule has 5 heteroatoms. The van der Waals surface area contributed by atoms with Crippen molar-refractivity contribution in [2.24, 2.45) is 0 Å². The van der Waals surface area contributed by atoms with Crippen molar-refractivity contribution in [1.82, 2.24) is 4.57 Å². The number of aromatic nitrogens is 1. The third kappa shape index (κ3) is 4.66. The van der Waals surface area contributed by atoms with Crippen LogP contribution in [0.3, 0.4) is 0 Å². The van der Waals surface area contributed by atoms with Gasteiger partial charge in [0.05, 0.1) is 22.3 Å². The standard InChI is InChI=1S/C55H39F3N2/c1-53(2)44-18-9-8-16-38(44)41-30-36(21-24-45(41)53)59(35-15-10-14-33(28-35)32-12-6-5-7-13-32)37-22-27-49-43(31-37)40-23-25-47-51-50-39(17-11-19-46(50)54(47,3)4)42-29-34(55(56,57)58)20-26-48(42)60(49)52(40)51/h5-31H,1-4H3. The van der Waals surface area contributed by atoms with Crippen LogP contribution in [0.2, 0.25) is 0 Å². The number of fused-ring (bicyclic) bond motifs is 9. The molecule has 0 saturated heterocycles. The van der Waals surface area contributed by atoms with E-state index in [9.17, 15) is 13.2 Å². The summed E-state index contributed by atoms with van der Waals surface area (Å²) in [4.78, 5) is 2.35. The van der Waals surface area contributed by atoms with Crippen molar-refractivity contribution >= 4 is 38.9 Å². The second-order valence-electron chi connectivity index (χ2n) is 17.7. The Hall–Kier alpha value is -6.85. The average molecular weight is 785 g/mol. The summed E-state index contributed by atoms with van der Waals surface area (Å²) in [7, 11) is 0.